The number of ether oxygens (including phenoxy) is 1. The Kier molecular flexibility index (Phi) is 5.59. The van der Waals surface area contributed by atoms with Crippen LogP contribution in [-0.4, -0.2) is 18.8 Å². The Bertz CT molecular complexity index is 1240. The summed E-state index contributed by atoms with van der Waals surface area (Å²) < 4.78 is 5.61. The minimum Gasteiger partial charge on any atom is -0.496 e. The highest BCUT2D eigenvalue weighted by Gasteiger charge is 2.43. The van der Waals surface area contributed by atoms with Crippen molar-refractivity contribution in [2.24, 2.45) is 0 Å². The molecule has 0 saturated carbocycles. The van der Waals surface area contributed by atoms with Gasteiger partial charge in [-0.2, -0.15) is 0 Å². The average Bonchev–Trinajstić information content (AvgIpc) is 2.84. The van der Waals surface area contributed by atoms with Crippen molar-refractivity contribution in [2.75, 3.05) is 12.0 Å². The van der Waals surface area contributed by atoms with Crippen molar-refractivity contribution in [3.8, 4) is 5.75 Å². The second-order valence-corrected chi connectivity index (χ2v) is 8.81. The topological polar surface area (TPSA) is 46.6 Å². The molecule has 5 rings (SSSR count). The molecule has 0 bridgehead atoms. The Morgan fingerprint density at radius 3 is 2.27 bits per heavy atom. The number of ketones is 1. The summed E-state index contributed by atoms with van der Waals surface area (Å²) in [5.41, 5.74) is 5.50. The number of hydrogen-bond donors (Lipinski definition) is 0. The normalized spacial score (nSPS) is 20.6. The molecule has 1 heterocycles. The fourth-order valence-corrected chi connectivity index (χ4v) is 5.31. The number of methoxy groups -OCH3 is 1. The van der Waals surface area contributed by atoms with Gasteiger partial charge in [-0.05, 0) is 42.5 Å². The minimum atomic E-state index is -0.298. The van der Waals surface area contributed by atoms with Crippen molar-refractivity contribution in [3.05, 3.63) is 107 Å². The molecule has 4 nitrogen and oxygen atoms in total. The smallest absolute Gasteiger partial charge is 0.232 e. The third-order valence-electron chi connectivity index (χ3n) is 6.87. The van der Waals surface area contributed by atoms with Gasteiger partial charge in [-0.15, -0.1) is 0 Å². The first-order valence-electron chi connectivity index (χ1n) is 11.4. The number of nitrogens with zero attached hydrogens (tertiary/aromatic N) is 1. The van der Waals surface area contributed by atoms with E-state index in [1.807, 2.05) is 78.6 Å². The first kappa shape index (κ1) is 21.2. The van der Waals surface area contributed by atoms with Crippen LogP contribution in [0.4, 0.5) is 5.69 Å². The number of Topliss-reactive ketones (excluding diaryl/α,β-unsaturated/α-hetero) is 1. The zero-order chi connectivity index (χ0) is 22.9. The van der Waals surface area contributed by atoms with Crippen LogP contribution in [0.1, 0.15) is 47.8 Å². The molecule has 1 amide bonds. The predicted octanol–water partition coefficient (Wildman–Crippen LogP) is 5.92. The van der Waals surface area contributed by atoms with Crippen molar-refractivity contribution in [2.45, 2.75) is 38.0 Å². The number of carbonyl (C=O) groups excluding carboxylic acids is 2. The van der Waals surface area contributed by atoms with Crippen LogP contribution in [0.15, 0.2) is 90.1 Å². The monoisotopic (exact) mass is 437 g/mol. The molecule has 0 spiro atoms. The van der Waals surface area contributed by atoms with E-state index in [-0.39, 0.29) is 29.9 Å². The van der Waals surface area contributed by atoms with Gasteiger partial charge in [0.15, 0.2) is 5.78 Å². The van der Waals surface area contributed by atoms with Crippen LogP contribution in [0, 0.1) is 6.92 Å². The average molecular weight is 438 g/mol. The highest BCUT2D eigenvalue weighted by atomic mass is 16.5. The minimum absolute atomic E-state index is 0.0143. The lowest BCUT2D eigenvalue weighted by molar-refractivity contribution is -0.120. The van der Waals surface area contributed by atoms with Gasteiger partial charge >= 0.3 is 0 Å². The second kappa shape index (κ2) is 8.70. The van der Waals surface area contributed by atoms with Gasteiger partial charge in [0.1, 0.15) is 5.75 Å². The summed E-state index contributed by atoms with van der Waals surface area (Å²) in [5.74, 6) is 0.596. The lowest BCUT2D eigenvalue weighted by Gasteiger charge is -2.41. The van der Waals surface area contributed by atoms with E-state index in [1.54, 1.807) is 7.11 Å². The van der Waals surface area contributed by atoms with Gasteiger partial charge in [0.25, 0.3) is 0 Å². The van der Waals surface area contributed by atoms with E-state index in [0.717, 1.165) is 33.6 Å². The zero-order valence-corrected chi connectivity index (χ0v) is 19.0. The Morgan fingerprint density at radius 1 is 0.818 bits per heavy atom. The number of allylic oxidation sites excluding steroid dienone is 2. The first-order valence-corrected chi connectivity index (χ1v) is 11.4. The van der Waals surface area contributed by atoms with Gasteiger partial charge in [0.2, 0.25) is 5.91 Å². The number of amides is 1. The molecule has 3 aromatic rings. The number of benzene rings is 3. The van der Waals surface area contributed by atoms with Gasteiger partial charge in [-0.25, -0.2) is 0 Å². The number of hydrogen-bond acceptors (Lipinski definition) is 3. The van der Waals surface area contributed by atoms with E-state index in [9.17, 15) is 9.59 Å². The largest absolute Gasteiger partial charge is 0.496 e. The number of rotatable bonds is 4. The number of aryl methyl sites for hydroxylation is 1. The van der Waals surface area contributed by atoms with Crippen LogP contribution in [0.25, 0.3) is 0 Å². The van der Waals surface area contributed by atoms with Crippen LogP contribution < -0.4 is 9.64 Å². The molecule has 2 unspecified atom stereocenters. The quantitative estimate of drug-likeness (QED) is 0.509. The maximum absolute atomic E-state index is 13.7. The molecule has 1 aliphatic carbocycles. The van der Waals surface area contributed by atoms with Gasteiger partial charge in [0, 0.05) is 35.6 Å². The molecule has 0 fully saturated rings. The first-order chi connectivity index (χ1) is 16.1. The van der Waals surface area contributed by atoms with E-state index < -0.39 is 0 Å². The summed E-state index contributed by atoms with van der Waals surface area (Å²) in [5, 5.41) is 0. The van der Waals surface area contributed by atoms with Crippen LogP contribution >= 0.6 is 0 Å². The second-order valence-electron chi connectivity index (χ2n) is 8.81. The van der Waals surface area contributed by atoms with Crippen LogP contribution in [0.2, 0.25) is 0 Å². The van der Waals surface area contributed by atoms with Crippen LogP contribution in [-0.2, 0) is 9.59 Å². The Hall–Kier alpha value is -3.66. The SMILES string of the molecule is COc1ccccc1C1CC(=O)N(c2ccccc2C)C2=C1C(=O)CC(c1ccccc1)C2. The van der Waals surface area contributed by atoms with E-state index in [0.29, 0.717) is 18.6 Å². The van der Waals surface area contributed by atoms with Gasteiger partial charge in [-0.1, -0.05) is 66.7 Å². The summed E-state index contributed by atoms with van der Waals surface area (Å²) in [4.78, 5) is 29.2. The van der Waals surface area contributed by atoms with E-state index in [2.05, 4.69) is 12.1 Å². The lowest BCUT2D eigenvalue weighted by atomic mass is 9.72. The highest BCUT2D eigenvalue weighted by Crippen LogP contribution is 2.48. The Balaban J connectivity index is 1.69. The predicted molar refractivity (Wildman–Crippen MR) is 129 cm³/mol. The van der Waals surface area contributed by atoms with Crippen molar-refractivity contribution in [1.82, 2.24) is 0 Å². The molecule has 0 saturated heterocycles. The fraction of sp³-hybridized carbons (Fsp3) is 0.241. The number of carbonyl (C=O) groups is 2. The molecule has 3 aromatic carbocycles. The third-order valence-corrected chi connectivity index (χ3v) is 6.87. The summed E-state index contributed by atoms with van der Waals surface area (Å²) in [6, 6.07) is 25.8. The summed E-state index contributed by atoms with van der Waals surface area (Å²) in [6.07, 6.45) is 1.34. The Labute approximate surface area is 194 Å². The van der Waals surface area contributed by atoms with Gasteiger partial charge in [0.05, 0.1) is 12.8 Å². The zero-order valence-electron chi connectivity index (χ0n) is 19.0. The molecule has 0 N–H and O–H groups in total. The standard InChI is InChI=1S/C29H27NO3/c1-19-10-6-8-14-24(19)30-25-16-21(20-11-4-3-5-12-20)17-26(31)29(25)23(18-28(30)32)22-13-7-9-15-27(22)33-2/h3-15,21,23H,16-18H2,1-2H3. The van der Waals surface area contributed by atoms with E-state index >= 15 is 0 Å². The van der Waals surface area contributed by atoms with Crippen molar-refractivity contribution >= 4 is 17.4 Å². The molecular formula is C29H27NO3. The molecule has 0 aromatic heterocycles. The van der Waals surface area contributed by atoms with Crippen LogP contribution in [0.3, 0.4) is 0 Å². The maximum Gasteiger partial charge on any atom is 0.232 e. The highest BCUT2D eigenvalue weighted by molar-refractivity contribution is 6.08. The van der Waals surface area contributed by atoms with E-state index in [4.69, 9.17) is 4.74 Å². The van der Waals surface area contributed by atoms with E-state index in [1.165, 1.54) is 0 Å². The Morgan fingerprint density at radius 2 is 1.52 bits per heavy atom. The summed E-state index contributed by atoms with van der Waals surface area (Å²) in [7, 11) is 1.63. The molecule has 1 aliphatic heterocycles. The fourth-order valence-electron chi connectivity index (χ4n) is 5.31. The van der Waals surface area contributed by atoms with Crippen LogP contribution in [0.5, 0.6) is 5.75 Å². The molecule has 2 atom stereocenters. The number of anilines is 1. The molecule has 166 valence electrons. The van der Waals surface area contributed by atoms with Gasteiger partial charge < -0.3 is 4.74 Å². The summed E-state index contributed by atoms with van der Waals surface area (Å²) >= 11 is 0. The molecular weight excluding hydrogens is 410 g/mol. The van der Waals surface area contributed by atoms with Gasteiger partial charge in [-0.3, -0.25) is 14.5 Å². The molecule has 2 aliphatic rings. The molecule has 33 heavy (non-hydrogen) atoms. The van der Waals surface area contributed by atoms with Crippen molar-refractivity contribution < 1.29 is 14.3 Å². The lowest BCUT2D eigenvalue weighted by Crippen LogP contribution is -2.42. The number of para-hydroxylation sites is 2. The van der Waals surface area contributed by atoms with Crippen molar-refractivity contribution in [1.29, 1.82) is 0 Å². The summed E-state index contributed by atoms with van der Waals surface area (Å²) in [6.45, 7) is 2.01. The molecule has 4 heteroatoms. The van der Waals surface area contributed by atoms with Crippen molar-refractivity contribution in [3.63, 3.8) is 0 Å². The third kappa shape index (κ3) is 3.76. The maximum atomic E-state index is 13.7. The molecule has 0 radical (unpaired) electrons.